The van der Waals surface area contributed by atoms with E-state index in [9.17, 15) is 9.59 Å². The smallest absolute Gasteiger partial charge is 0.230 e. The van der Waals surface area contributed by atoms with Gasteiger partial charge in [0.1, 0.15) is 5.78 Å². The Balaban J connectivity index is 1.96. The molecule has 0 radical (unpaired) electrons. The highest BCUT2D eigenvalue weighted by Gasteiger charge is 2.73. The Kier molecular flexibility index (Phi) is 3.27. The van der Waals surface area contributed by atoms with E-state index in [1.807, 2.05) is 0 Å². The molecule has 1 heterocycles. The molecule has 3 atom stereocenters. The number of fused-ring (bicyclic) bond motifs is 2. The van der Waals surface area contributed by atoms with Gasteiger partial charge in [-0.15, -0.1) is 0 Å². The molecule has 3 fully saturated rings. The van der Waals surface area contributed by atoms with Crippen LogP contribution in [-0.2, 0) is 9.59 Å². The van der Waals surface area contributed by atoms with Crippen LogP contribution in [-0.4, -0.2) is 29.2 Å². The van der Waals surface area contributed by atoms with E-state index in [2.05, 4.69) is 32.6 Å². The molecule has 21 heavy (non-hydrogen) atoms. The molecule has 118 valence electrons. The molecule has 3 heteroatoms. The molecule has 0 aromatic carbocycles. The third kappa shape index (κ3) is 1.66. The monoisotopic (exact) mass is 291 g/mol. The molecule has 0 N–H and O–H groups in total. The van der Waals surface area contributed by atoms with Gasteiger partial charge in [-0.1, -0.05) is 27.7 Å². The number of hydrogen-bond acceptors (Lipinski definition) is 2. The lowest BCUT2D eigenvalue weighted by molar-refractivity contribution is -0.151. The molecular weight excluding hydrogens is 262 g/mol. The lowest BCUT2D eigenvalue weighted by Gasteiger charge is -2.45. The second-order valence-electron chi connectivity index (χ2n) is 8.20. The third-order valence-corrected chi connectivity index (χ3v) is 7.47. The van der Waals surface area contributed by atoms with Crippen molar-refractivity contribution in [3.63, 3.8) is 0 Å². The Morgan fingerprint density at radius 3 is 2.48 bits per heavy atom. The molecule has 2 aliphatic carbocycles. The van der Waals surface area contributed by atoms with E-state index in [0.29, 0.717) is 18.2 Å². The molecule has 0 spiro atoms. The second kappa shape index (κ2) is 4.57. The lowest BCUT2D eigenvalue weighted by Crippen LogP contribution is -2.53. The highest BCUT2D eigenvalue weighted by molar-refractivity contribution is 5.99. The fraction of sp³-hybridized carbons (Fsp3) is 0.889. The van der Waals surface area contributed by atoms with Crippen LogP contribution >= 0.6 is 0 Å². The molecule has 0 aromatic rings. The molecule has 3 rings (SSSR count). The molecule has 3 nitrogen and oxygen atoms in total. The van der Waals surface area contributed by atoms with Crippen molar-refractivity contribution < 1.29 is 9.59 Å². The number of ketones is 1. The van der Waals surface area contributed by atoms with Crippen LogP contribution in [0.1, 0.15) is 72.6 Å². The number of carbonyl (C=O) groups is 2. The van der Waals surface area contributed by atoms with Crippen LogP contribution in [0, 0.1) is 16.2 Å². The van der Waals surface area contributed by atoms with Gasteiger partial charge >= 0.3 is 0 Å². The van der Waals surface area contributed by atoms with Gasteiger partial charge in [0.25, 0.3) is 0 Å². The van der Waals surface area contributed by atoms with E-state index in [1.54, 1.807) is 0 Å². The van der Waals surface area contributed by atoms with Crippen LogP contribution in [0.25, 0.3) is 0 Å². The summed E-state index contributed by atoms with van der Waals surface area (Å²) in [5.74, 6) is 0.603. The van der Waals surface area contributed by atoms with E-state index < -0.39 is 5.41 Å². The quantitative estimate of drug-likeness (QED) is 0.780. The summed E-state index contributed by atoms with van der Waals surface area (Å²) in [7, 11) is 0. The predicted octanol–water partition coefficient (Wildman–Crippen LogP) is 3.56. The number of amides is 1. The number of nitrogens with zero attached hydrogens (tertiary/aromatic N) is 1. The minimum Gasteiger partial charge on any atom is -0.339 e. The highest BCUT2D eigenvalue weighted by atomic mass is 16.2. The number of Topliss-reactive ketones (excluding diaryl/α,β-unsaturated/α-hetero) is 1. The van der Waals surface area contributed by atoms with E-state index in [4.69, 9.17) is 0 Å². The van der Waals surface area contributed by atoms with Crippen LogP contribution in [0.5, 0.6) is 0 Å². The van der Waals surface area contributed by atoms with Crippen molar-refractivity contribution in [2.24, 2.45) is 16.2 Å². The normalized spacial score (nSPS) is 41.6. The van der Waals surface area contributed by atoms with Crippen LogP contribution in [0.15, 0.2) is 0 Å². The zero-order valence-electron chi connectivity index (χ0n) is 14.0. The Morgan fingerprint density at radius 1 is 1.24 bits per heavy atom. The van der Waals surface area contributed by atoms with Gasteiger partial charge < -0.3 is 4.90 Å². The van der Waals surface area contributed by atoms with Crippen LogP contribution in [0.2, 0.25) is 0 Å². The summed E-state index contributed by atoms with van der Waals surface area (Å²) in [6.07, 6.45) is 6.77. The molecule has 1 aliphatic heterocycles. The maximum absolute atomic E-state index is 13.4. The molecule has 2 saturated carbocycles. The van der Waals surface area contributed by atoms with Crippen molar-refractivity contribution in [1.29, 1.82) is 0 Å². The average molecular weight is 291 g/mol. The van der Waals surface area contributed by atoms with Crippen LogP contribution < -0.4 is 0 Å². The van der Waals surface area contributed by atoms with Crippen molar-refractivity contribution in [2.75, 3.05) is 6.54 Å². The summed E-state index contributed by atoms with van der Waals surface area (Å²) >= 11 is 0. The Bertz CT molecular complexity index is 484. The van der Waals surface area contributed by atoms with Gasteiger partial charge in [-0.05, 0) is 43.9 Å². The van der Waals surface area contributed by atoms with E-state index in [-0.39, 0.29) is 16.7 Å². The first-order chi connectivity index (χ1) is 9.80. The minimum absolute atomic E-state index is 0.204. The summed E-state index contributed by atoms with van der Waals surface area (Å²) in [5, 5.41) is 0. The summed E-state index contributed by atoms with van der Waals surface area (Å²) < 4.78 is 0. The predicted molar refractivity (Wildman–Crippen MR) is 82.8 cm³/mol. The standard InChI is InChI=1S/C18H29NO2/c1-5-13-8-6-7-11-19(13)15(21)18-10-9-17(4,14(20)12-18)16(18,2)3/h13H,5-12H2,1-4H3/t13-,17-,18-/m0/s1. The van der Waals surface area contributed by atoms with Gasteiger partial charge in [-0.3, -0.25) is 9.59 Å². The van der Waals surface area contributed by atoms with Gasteiger partial charge in [-0.25, -0.2) is 0 Å². The zero-order valence-corrected chi connectivity index (χ0v) is 14.0. The molecule has 3 aliphatic rings. The van der Waals surface area contributed by atoms with Gasteiger partial charge in [0.2, 0.25) is 5.91 Å². The van der Waals surface area contributed by atoms with E-state index in [1.165, 1.54) is 6.42 Å². The zero-order chi connectivity index (χ0) is 15.5. The molecule has 1 amide bonds. The van der Waals surface area contributed by atoms with Crippen molar-refractivity contribution in [3.8, 4) is 0 Å². The SMILES string of the molecule is CC[C@H]1CCCCN1C(=O)[C@]12CC[C@@](C)(C(=O)C1)C2(C)C. The number of carbonyl (C=O) groups excluding carboxylic acids is 2. The topological polar surface area (TPSA) is 37.4 Å². The Labute approximate surface area is 128 Å². The molecule has 0 unspecified atom stereocenters. The fourth-order valence-electron chi connectivity index (χ4n) is 5.30. The Morgan fingerprint density at radius 2 is 1.95 bits per heavy atom. The third-order valence-electron chi connectivity index (χ3n) is 7.47. The van der Waals surface area contributed by atoms with Crippen LogP contribution in [0.4, 0.5) is 0 Å². The lowest BCUT2D eigenvalue weighted by atomic mass is 9.64. The van der Waals surface area contributed by atoms with Gasteiger partial charge in [0, 0.05) is 24.4 Å². The summed E-state index contributed by atoms with van der Waals surface area (Å²) in [6.45, 7) is 9.48. The first-order valence-corrected chi connectivity index (χ1v) is 8.64. The average Bonchev–Trinajstić information content (AvgIpc) is 2.76. The van der Waals surface area contributed by atoms with Gasteiger partial charge in [-0.2, -0.15) is 0 Å². The summed E-state index contributed by atoms with van der Waals surface area (Å²) in [6, 6.07) is 0.388. The van der Waals surface area contributed by atoms with Crippen molar-refractivity contribution >= 4 is 11.7 Å². The number of rotatable bonds is 2. The maximum atomic E-state index is 13.4. The minimum atomic E-state index is -0.427. The van der Waals surface area contributed by atoms with E-state index >= 15 is 0 Å². The molecule has 0 aromatic heterocycles. The fourth-order valence-corrected chi connectivity index (χ4v) is 5.30. The maximum Gasteiger partial charge on any atom is 0.230 e. The van der Waals surface area contributed by atoms with Crippen LogP contribution in [0.3, 0.4) is 0 Å². The van der Waals surface area contributed by atoms with Crippen molar-refractivity contribution in [3.05, 3.63) is 0 Å². The first kappa shape index (κ1) is 15.1. The number of hydrogen-bond donors (Lipinski definition) is 0. The second-order valence-corrected chi connectivity index (χ2v) is 8.20. The molecule has 1 saturated heterocycles. The van der Waals surface area contributed by atoms with Gasteiger partial charge in [0.05, 0.1) is 5.41 Å². The van der Waals surface area contributed by atoms with Gasteiger partial charge in [0.15, 0.2) is 0 Å². The number of piperidine rings is 1. The molecule has 2 bridgehead atoms. The Hall–Kier alpha value is -0.860. The summed E-state index contributed by atoms with van der Waals surface area (Å²) in [5.41, 5.74) is -0.923. The van der Waals surface area contributed by atoms with E-state index in [0.717, 1.165) is 38.6 Å². The highest BCUT2D eigenvalue weighted by Crippen LogP contribution is 2.71. The van der Waals surface area contributed by atoms with Crippen molar-refractivity contribution in [1.82, 2.24) is 4.90 Å². The molecular formula is C18H29NO2. The largest absolute Gasteiger partial charge is 0.339 e. The first-order valence-electron chi connectivity index (χ1n) is 8.64. The summed E-state index contributed by atoms with van der Waals surface area (Å²) in [4.78, 5) is 28.1. The number of likely N-dealkylation sites (tertiary alicyclic amines) is 1. The van der Waals surface area contributed by atoms with Crippen molar-refractivity contribution in [2.45, 2.75) is 78.7 Å².